The molecule has 1 aliphatic heterocycles. The molecule has 1 aromatic carbocycles. The Balaban J connectivity index is 2.30. The monoisotopic (exact) mass is 340 g/mol. The van der Waals surface area contributed by atoms with Gasteiger partial charge in [0.15, 0.2) is 0 Å². The molecule has 1 heterocycles. The summed E-state index contributed by atoms with van der Waals surface area (Å²) >= 11 is 0. The number of hydrogen-bond donors (Lipinski definition) is 5. The molecule has 2 rings (SSSR count). The van der Waals surface area contributed by atoms with Gasteiger partial charge in [0, 0.05) is 6.92 Å². The van der Waals surface area contributed by atoms with Gasteiger partial charge in [-0.2, -0.15) is 0 Å². The molecular formula is C15H20N2O7. The third-order valence-electron chi connectivity index (χ3n) is 3.65. The molecule has 1 aliphatic rings. The third-order valence-corrected chi connectivity index (χ3v) is 3.65. The highest BCUT2D eigenvalue weighted by molar-refractivity contribution is 5.95. The molecule has 1 saturated heterocycles. The second-order valence-electron chi connectivity index (χ2n) is 5.41. The van der Waals surface area contributed by atoms with Gasteiger partial charge >= 0.3 is 0 Å². The maximum Gasteiger partial charge on any atom is 0.252 e. The number of aliphatic hydroxyl groups excluding tert-OH is 3. The summed E-state index contributed by atoms with van der Waals surface area (Å²) in [6, 6.07) is 5.01. The van der Waals surface area contributed by atoms with Gasteiger partial charge in [-0.25, -0.2) is 0 Å². The van der Waals surface area contributed by atoms with Crippen molar-refractivity contribution in [3.8, 4) is 5.75 Å². The van der Waals surface area contributed by atoms with E-state index in [2.05, 4.69) is 5.32 Å². The molecule has 5 unspecified atom stereocenters. The fraction of sp³-hybridized carbons (Fsp3) is 0.467. The van der Waals surface area contributed by atoms with Crippen LogP contribution >= 0.6 is 0 Å². The molecule has 1 fully saturated rings. The standard InChI is InChI=1S/C15H20N2O7/c1-7(19)17-11-13(21)12(20)10(6-18)24-15(11)23-9-5-3-2-4-8(9)14(16)22/h2-5,10-13,15,18,20-21H,6H2,1H3,(H2,16,22)(H,17,19). The number of carbonyl (C=O) groups excluding carboxylic acids is 2. The van der Waals surface area contributed by atoms with E-state index in [0.29, 0.717) is 0 Å². The Morgan fingerprint density at radius 3 is 2.54 bits per heavy atom. The number of primary amides is 1. The van der Waals surface area contributed by atoms with Crippen LogP contribution in [-0.2, 0) is 9.53 Å². The van der Waals surface area contributed by atoms with Crippen LogP contribution in [0.25, 0.3) is 0 Å². The van der Waals surface area contributed by atoms with Crippen molar-refractivity contribution < 1.29 is 34.4 Å². The van der Waals surface area contributed by atoms with Crippen molar-refractivity contribution >= 4 is 11.8 Å². The zero-order chi connectivity index (χ0) is 17.9. The number of carbonyl (C=O) groups is 2. The molecule has 0 saturated carbocycles. The van der Waals surface area contributed by atoms with E-state index in [9.17, 15) is 24.9 Å². The van der Waals surface area contributed by atoms with Crippen LogP contribution in [0, 0.1) is 0 Å². The van der Waals surface area contributed by atoms with E-state index in [1.165, 1.54) is 19.1 Å². The van der Waals surface area contributed by atoms with Crippen LogP contribution in [0.15, 0.2) is 24.3 Å². The first-order valence-electron chi connectivity index (χ1n) is 7.30. The lowest BCUT2D eigenvalue weighted by Crippen LogP contribution is -2.65. The van der Waals surface area contributed by atoms with Gasteiger partial charge in [0.25, 0.3) is 5.91 Å². The van der Waals surface area contributed by atoms with Crippen LogP contribution in [0.2, 0.25) is 0 Å². The number of amides is 2. The average Bonchev–Trinajstić information content (AvgIpc) is 2.54. The number of nitrogens with two attached hydrogens (primary N) is 1. The highest BCUT2D eigenvalue weighted by Crippen LogP contribution is 2.26. The van der Waals surface area contributed by atoms with Crippen LogP contribution in [0.1, 0.15) is 17.3 Å². The summed E-state index contributed by atoms with van der Waals surface area (Å²) in [5, 5.41) is 31.8. The maximum absolute atomic E-state index is 11.5. The van der Waals surface area contributed by atoms with Gasteiger partial charge in [-0.05, 0) is 12.1 Å². The summed E-state index contributed by atoms with van der Waals surface area (Å²) in [6.07, 6.45) is -5.22. The summed E-state index contributed by atoms with van der Waals surface area (Å²) < 4.78 is 11.0. The Bertz CT molecular complexity index is 609. The minimum absolute atomic E-state index is 0.0869. The first-order chi connectivity index (χ1) is 11.3. The molecule has 9 nitrogen and oxygen atoms in total. The van der Waals surface area contributed by atoms with Crippen molar-refractivity contribution in [1.29, 1.82) is 0 Å². The number of para-hydroxylation sites is 1. The van der Waals surface area contributed by atoms with Crippen molar-refractivity contribution in [2.45, 2.75) is 37.6 Å². The predicted octanol–water partition coefficient (Wildman–Crippen LogP) is -1.89. The molecule has 0 aromatic heterocycles. The van der Waals surface area contributed by atoms with Gasteiger partial charge in [0.1, 0.15) is 30.1 Å². The van der Waals surface area contributed by atoms with Crippen LogP contribution in [0.4, 0.5) is 0 Å². The maximum atomic E-state index is 11.5. The molecule has 5 atom stereocenters. The van der Waals surface area contributed by atoms with E-state index in [-0.39, 0.29) is 11.3 Å². The normalized spacial score (nSPS) is 29.8. The molecule has 0 bridgehead atoms. The number of benzene rings is 1. The SMILES string of the molecule is CC(=O)NC1C(Oc2ccccc2C(N)=O)OC(CO)C(O)C1O. The quantitative estimate of drug-likeness (QED) is 0.420. The topological polar surface area (TPSA) is 151 Å². The van der Waals surface area contributed by atoms with E-state index in [1.54, 1.807) is 12.1 Å². The van der Waals surface area contributed by atoms with E-state index in [0.717, 1.165) is 0 Å². The predicted molar refractivity (Wildman–Crippen MR) is 81.0 cm³/mol. The Morgan fingerprint density at radius 2 is 1.96 bits per heavy atom. The Kier molecular flexibility index (Phi) is 5.73. The van der Waals surface area contributed by atoms with Crippen molar-refractivity contribution in [1.82, 2.24) is 5.32 Å². The Labute approximate surface area is 138 Å². The number of aliphatic hydroxyl groups is 3. The first kappa shape index (κ1) is 18.1. The van der Waals surface area contributed by atoms with Gasteiger partial charge in [-0.15, -0.1) is 0 Å². The van der Waals surface area contributed by atoms with Gasteiger partial charge in [0.2, 0.25) is 12.2 Å². The summed E-state index contributed by atoms with van der Waals surface area (Å²) in [6.45, 7) is 0.661. The van der Waals surface area contributed by atoms with Crippen LogP contribution in [0.5, 0.6) is 5.75 Å². The summed E-state index contributed by atoms with van der Waals surface area (Å²) in [5.74, 6) is -1.11. The lowest BCUT2D eigenvalue weighted by Gasteiger charge is -2.42. The van der Waals surface area contributed by atoms with E-state index < -0.39 is 49.1 Å². The van der Waals surface area contributed by atoms with Crippen molar-refractivity contribution in [3.05, 3.63) is 29.8 Å². The highest BCUT2D eigenvalue weighted by Gasteiger charge is 2.46. The lowest BCUT2D eigenvalue weighted by molar-refractivity contribution is -0.244. The number of rotatable bonds is 5. The number of hydrogen-bond acceptors (Lipinski definition) is 7. The first-order valence-corrected chi connectivity index (χ1v) is 7.30. The smallest absolute Gasteiger partial charge is 0.252 e. The fourth-order valence-corrected chi connectivity index (χ4v) is 2.47. The molecule has 2 amide bonds. The summed E-state index contributed by atoms with van der Waals surface area (Å²) in [7, 11) is 0. The Morgan fingerprint density at radius 1 is 1.29 bits per heavy atom. The molecule has 9 heteroatoms. The molecule has 132 valence electrons. The molecule has 24 heavy (non-hydrogen) atoms. The molecule has 0 radical (unpaired) electrons. The van der Waals surface area contributed by atoms with Crippen molar-refractivity contribution in [3.63, 3.8) is 0 Å². The minimum Gasteiger partial charge on any atom is -0.462 e. The van der Waals surface area contributed by atoms with Gasteiger partial charge in [-0.3, -0.25) is 9.59 Å². The zero-order valence-electron chi connectivity index (χ0n) is 13.0. The van der Waals surface area contributed by atoms with E-state index in [1.807, 2.05) is 0 Å². The summed E-state index contributed by atoms with van der Waals surface area (Å²) in [5.41, 5.74) is 5.37. The van der Waals surface area contributed by atoms with Crippen LogP contribution in [0.3, 0.4) is 0 Å². The van der Waals surface area contributed by atoms with Crippen LogP contribution < -0.4 is 15.8 Å². The van der Waals surface area contributed by atoms with E-state index in [4.69, 9.17) is 15.2 Å². The number of ether oxygens (including phenoxy) is 2. The van der Waals surface area contributed by atoms with Crippen molar-refractivity contribution in [2.75, 3.05) is 6.61 Å². The van der Waals surface area contributed by atoms with Crippen molar-refractivity contribution in [2.24, 2.45) is 5.73 Å². The second-order valence-corrected chi connectivity index (χ2v) is 5.41. The minimum atomic E-state index is -1.44. The molecule has 6 N–H and O–H groups in total. The van der Waals surface area contributed by atoms with Gasteiger partial charge < -0.3 is 35.8 Å². The summed E-state index contributed by atoms with van der Waals surface area (Å²) in [4.78, 5) is 22.8. The largest absolute Gasteiger partial charge is 0.462 e. The van der Waals surface area contributed by atoms with Crippen LogP contribution in [-0.4, -0.2) is 64.4 Å². The van der Waals surface area contributed by atoms with Gasteiger partial charge in [-0.1, -0.05) is 12.1 Å². The van der Waals surface area contributed by atoms with Gasteiger partial charge in [0.05, 0.1) is 12.2 Å². The zero-order valence-corrected chi connectivity index (χ0v) is 13.0. The molecule has 1 aromatic rings. The lowest BCUT2D eigenvalue weighted by atomic mass is 9.97. The highest BCUT2D eigenvalue weighted by atomic mass is 16.7. The average molecular weight is 340 g/mol. The molecule has 0 spiro atoms. The second kappa shape index (κ2) is 7.58. The Hall–Kier alpha value is -2.20. The fourth-order valence-electron chi connectivity index (χ4n) is 2.47. The third kappa shape index (κ3) is 3.82. The number of nitrogens with one attached hydrogen (secondary N) is 1. The molecular weight excluding hydrogens is 320 g/mol. The molecule has 0 aliphatic carbocycles. The van der Waals surface area contributed by atoms with E-state index >= 15 is 0 Å².